The molecule has 0 saturated carbocycles. The van der Waals surface area contributed by atoms with Crippen LogP contribution in [0, 0.1) is 10.1 Å². The lowest BCUT2D eigenvalue weighted by atomic mass is 10.0. The van der Waals surface area contributed by atoms with Gasteiger partial charge in [-0.05, 0) is 42.3 Å². The number of carbonyl (C=O) groups excluding carboxylic acids is 1. The molecule has 0 heterocycles. The lowest BCUT2D eigenvalue weighted by Crippen LogP contribution is -2.07. The molecule has 2 aromatic rings. The number of rotatable bonds is 7. The molecule has 2 aromatic carbocycles. The largest absolute Gasteiger partial charge is 0.465 e. The fourth-order valence-corrected chi connectivity index (χ4v) is 3.16. The van der Waals surface area contributed by atoms with Crippen LogP contribution < -0.4 is 0 Å². The molecule has 27 heavy (non-hydrogen) atoms. The minimum absolute atomic E-state index is 0.0511. The van der Waals surface area contributed by atoms with Crippen molar-refractivity contribution in [3.63, 3.8) is 0 Å². The van der Waals surface area contributed by atoms with E-state index in [4.69, 9.17) is 4.74 Å². The topological polar surface area (TPSA) is 69.4 Å². The van der Waals surface area contributed by atoms with Crippen LogP contribution in [-0.4, -0.2) is 23.3 Å². The van der Waals surface area contributed by atoms with E-state index in [1.165, 1.54) is 36.0 Å². The van der Waals surface area contributed by atoms with Crippen LogP contribution >= 0.6 is 11.8 Å². The summed E-state index contributed by atoms with van der Waals surface area (Å²) in [5.74, 6) is -0.164. The first-order valence-corrected chi connectivity index (χ1v) is 9.06. The molecule has 0 bridgehead atoms. The van der Waals surface area contributed by atoms with Crippen LogP contribution in [0.5, 0.6) is 0 Å². The van der Waals surface area contributed by atoms with Crippen LogP contribution in [0.25, 0.3) is 11.1 Å². The van der Waals surface area contributed by atoms with Gasteiger partial charge in [0, 0.05) is 17.4 Å². The summed E-state index contributed by atoms with van der Waals surface area (Å²) < 4.78 is 42.8. The summed E-state index contributed by atoms with van der Waals surface area (Å²) in [6.45, 7) is 1.93. The van der Waals surface area contributed by atoms with Crippen LogP contribution in [0.3, 0.4) is 0 Å². The molecule has 0 aliphatic carbocycles. The van der Waals surface area contributed by atoms with Crippen molar-refractivity contribution in [3.8, 4) is 11.1 Å². The second-order valence-corrected chi connectivity index (χ2v) is 6.46. The summed E-state index contributed by atoms with van der Waals surface area (Å²) >= 11 is 1.17. The standard InChI is InChI=1S/C18H16F3NO4S/c1-2-26-17(23)11-27-10-14-9-13(5-8-16(14)22(24)25)12-3-6-15(7-4-12)18(19,20)21/h3-9H,2,10-11H2,1H3. The van der Waals surface area contributed by atoms with Gasteiger partial charge in [-0.15, -0.1) is 11.8 Å². The molecular formula is C18H16F3NO4S. The van der Waals surface area contributed by atoms with Crippen LogP contribution in [0.15, 0.2) is 42.5 Å². The van der Waals surface area contributed by atoms with Crippen molar-refractivity contribution in [1.82, 2.24) is 0 Å². The van der Waals surface area contributed by atoms with Gasteiger partial charge in [0.15, 0.2) is 0 Å². The van der Waals surface area contributed by atoms with Gasteiger partial charge in [-0.25, -0.2) is 0 Å². The molecule has 2 rings (SSSR count). The average molecular weight is 399 g/mol. The zero-order valence-corrected chi connectivity index (χ0v) is 15.1. The Morgan fingerprint density at radius 1 is 1.15 bits per heavy atom. The molecule has 0 aliphatic heterocycles. The summed E-state index contributed by atoms with van der Waals surface area (Å²) in [6, 6.07) is 8.92. The summed E-state index contributed by atoms with van der Waals surface area (Å²) in [4.78, 5) is 22.1. The van der Waals surface area contributed by atoms with Gasteiger partial charge in [-0.2, -0.15) is 13.2 Å². The zero-order valence-electron chi connectivity index (χ0n) is 14.3. The number of nitro groups is 1. The smallest absolute Gasteiger partial charge is 0.416 e. The molecule has 0 saturated heterocycles. The highest BCUT2D eigenvalue weighted by Gasteiger charge is 2.30. The molecule has 0 aliphatic rings. The highest BCUT2D eigenvalue weighted by molar-refractivity contribution is 7.99. The van der Waals surface area contributed by atoms with Crippen molar-refractivity contribution in [2.45, 2.75) is 18.9 Å². The van der Waals surface area contributed by atoms with Crippen molar-refractivity contribution < 1.29 is 27.6 Å². The molecule has 9 heteroatoms. The number of hydrogen-bond donors (Lipinski definition) is 0. The second kappa shape index (κ2) is 8.90. The van der Waals surface area contributed by atoms with E-state index >= 15 is 0 Å². The van der Waals surface area contributed by atoms with Gasteiger partial charge in [-0.1, -0.05) is 12.1 Å². The quantitative estimate of drug-likeness (QED) is 0.369. The van der Waals surface area contributed by atoms with E-state index in [-0.39, 0.29) is 23.8 Å². The molecule has 0 N–H and O–H groups in total. The Bertz CT molecular complexity index is 822. The number of alkyl halides is 3. The Morgan fingerprint density at radius 3 is 2.33 bits per heavy atom. The number of nitro benzene ring substituents is 1. The Morgan fingerprint density at radius 2 is 1.78 bits per heavy atom. The first-order valence-electron chi connectivity index (χ1n) is 7.90. The Labute approximate surface area is 157 Å². The molecule has 0 amide bonds. The van der Waals surface area contributed by atoms with E-state index < -0.39 is 22.6 Å². The number of nitrogens with zero attached hydrogens (tertiary/aromatic N) is 1. The molecule has 144 valence electrons. The highest BCUT2D eigenvalue weighted by atomic mass is 32.2. The first-order chi connectivity index (χ1) is 12.7. The molecule has 0 radical (unpaired) electrons. The van der Waals surface area contributed by atoms with E-state index in [0.29, 0.717) is 16.7 Å². The Kier molecular flexibility index (Phi) is 6.84. The maximum absolute atomic E-state index is 12.7. The molecule has 0 spiro atoms. The fraction of sp³-hybridized carbons (Fsp3) is 0.278. The fourth-order valence-electron chi connectivity index (χ4n) is 2.36. The molecule has 0 atom stereocenters. The van der Waals surface area contributed by atoms with E-state index in [9.17, 15) is 28.1 Å². The number of halogens is 3. The molecule has 0 fully saturated rings. The van der Waals surface area contributed by atoms with Crippen LogP contribution in [0.1, 0.15) is 18.1 Å². The zero-order chi connectivity index (χ0) is 20.0. The van der Waals surface area contributed by atoms with Crippen LogP contribution in [0.4, 0.5) is 18.9 Å². The third-order valence-electron chi connectivity index (χ3n) is 3.60. The van der Waals surface area contributed by atoms with Gasteiger partial charge >= 0.3 is 12.1 Å². The van der Waals surface area contributed by atoms with Crippen LogP contribution in [-0.2, 0) is 21.5 Å². The third-order valence-corrected chi connectivity index (χ3v) is 4.56. The summed E-state index contributed by atoms with van der Waals surface area (Å²) in [6.07, 6.45) is -4.43. The van der Waals surface area contributed by atoms with Crippen molar-refractivity contribution in [1.29, 1.82) is 0 Å². The van der Waals surface area contributed by atoms with Gasteiger partial charge in [0.2, 0.25) is 0 Å². The highest BCUT2D eigenvalue weighted by Crippen LogP contribution is 2.33. The van der Waals surface area contributed by atoms with Crippen molar-refractivity contribution in [3.05, 3.63) is 63.7 Å². The van der Waals surface area contributed by atoms with Crippen molar-refractivity contribution in [2.75, 3.05) is 12.4 Å². The molecule has 0 aromatic heterocycles. The number of thioether (sulfide) groups is 1. The molecular weight excluding hydrogens is 383 g/mol. The predicted octanol–water partition coefficient (Wildman–Crippen LogP) is 5.08. The minimum atomic E-state index is -4.43. The Balaban J connectivity index is 2.23. The van der Waals surface area contributed by atoms with E-state index in [1.54, 1.807) is 13.0 Å². The van der Waals surface area contributed by atoms with Gasteiger partial charge in [0.25, 0.3) is 5.69 Å². The van der Waals surface area contributed by atoms with Gasteiger partial charge < -0.3 is 4.74 Å². The van der Waals surface area contributed by atoms with Gasteiger partial charge in [-0.3, -0.25) is 14.9 Å². The number of ether oxygens (including phenoxy) is 1. The monoisotopic (exact) mass is 399 g/mol. The number of esters is 1. The van der Waals surface area contributed by atoms with Gasteiger partial charge in [0.1, 0.15) is 0 Å². The maximum Gasteiger partial charge on any atom is 0.416 e. The van der Waals surface area contributed by atoms with Gasteiger partial charge in [0.05, 0.1) is 22.8 Å². The number of carbonyl (C=O) groups is 1. The lowest BCUT2D eigenvalue weighted by Gasteiger charge is -2.09. The Hall–Kier alpha value is -2.55. The average Bonchev–Trinajstić information content (AvgIpc) is 2.61. The SMILES string of the molecule is CCOC(=O)CSCc1cc(-c2ccc(C(F)(F)F)cc2)ccc1[N+](=O)[O-]. The van der Waals surface area contributed by atoms with Crippen LogP contribution in [0.2, 0.25) is 0 Å². The number of benzene rings is 2. The molecule has 0 unspecified atom stereocenters. The summed E-state index contributed by atoms with van der Waals surface area (Å²) in [5.41, 5.74) is 0.572. The second-order valence-electron chi connectivity index (χ2n) is 5.47. The summed E-state index contributed by atoms with van der Waals surface area (Å²) in [7, 11) is 0. The molecule has 5 nitrogen and oxygen atoms in total. The van der Waals surface area contributed by atoms with E-state index in [1.807, 2.05) is 0 Å². The van der Waals surface area contributed by atoms with Crippen molar-refractivity contribution >= 4 is 23.4 Å². The number of hydrogen-bond acceptors (Lipinski definition) is 5. The summed E-state index contributed by atoms with van der Waals surface area (Å²) in [5, 5.41) is 11.2. The normalized spacial score (nSPS) is 11.3. The predicted molar refractivity (Wildman–Crippen MR) is 96.3 cm³/mol. The third kappa shape index (κ3) is 5.72. The lowest BCUT2D eigenvalue weighted by molar-refractivity contribution is -0.385. The maximum atomic E-state index is 12.7. The van der Waals surface area contributed by atoms with E-state index in [2.05, 4.69) is 0 Å². The first kappa shape index (κ1) is 20.8. The minimum Gasteiger partial charge on any atom is -0.465 e. The van der Waals surface area contributed by atoms with E-state index in [0.717, 1.165) is 12.1 Å². The van der Waals surface area contributed by atoms with Crippen molar-refractivity contribution in [2.24, 2.45) is 0 Å².